The van der Waals surface area contributed by atoms with E-state index in [4.69, 9.17) is 0 Å². The molecule has 8 nitrogen and oxygen atoms in total. The van der Waals surface area contributed by atoms with Crippen LogP contribution in [0.25, 0.3) is 0 Å². The summed E-state index contributed by atoms with van der Waals surface area (Å²) in [7, 11) is 0. The molecule has 0 spiro atoms. The second-order valence-electron chi connectivity index (χ2n) is 22.8. The summed E-state index contributed by atoms with van der Waals surface area (Å²) in [6.07, 6.45) is 83.6. The van der Waals surface area contributed by atoms with Crippen molar-refractivity contribution in [1.29, 1.82) is 0 Å². The van der Waals surface area contributed by atoms with Gasteiger partial charge in [-0.2, -0.15) is 0 Å². The number of carboxylic acids is 4. The first-order valence-electron chi connectivity index (χ1n) is 34.5. The van der Waals surface area contributed by atoms with Gasteiger partial charge in [-0.3, -0.25) is 0 Å². The van der Waals surface area contributed by atoms with Gasteiger partial charge in [0, 0.05) is 23.9 Å². The summed E-state index contributed by atoms with van der Waals surface area (Å²) < 4.78 is 0. The average molecular weight is 1320 g/mol. The summed E-state index contributed by atoms with van der Waals surface area (Å²) in [4.78, 5) is 40.9. The minimum Gasteiger partial charge on any atom is -0.550 e. The Labute approximate surface area is 516 Å². The Morgan fingerprint density at radius 3 is 0.432 bits per heavy atom. The van der Waals surface area contributed by atoms with Crippen molar-refractivity contribution in [3.05, 3.63) is 48.6 Å². The molecule has 81 heavy (non-hydrogen) atoms. The van der Waals surface area contributed by atoms with Crippen LogP contribution >= 0.6 is 0 Å². The zero-order valence-corrected chi connectivity index (χ0v) is 56.2. The van der Waals surface area contributed by atoms with Gasteiger partial charge in [0.05, 0.1) is 0 Å². The maximum Gasteiger partial charge on any atom is 4.00 e. The van der Waals surface area contributed by atoms with Gasteiger partial charge >= 0.3 is 20.1 Å². The van der Waals surface area contributed by atoms with Gasteiger partial charge in [0.25, 0.3) is 0 Å². The summed E-state index contributed by atoms with van der Waals surface area (Å²) in [6, 6.07) is 0. The zero-order valence-electron chi connectivity index (χ0n) is 53.8. The van der Waals surface area contributed by atoms with Crippen LogP contribution in [0.4, 0.5) is 0 Å². The van der Waals surface area contributed by atoms with Crippen molar-refractivity contribution in [2.45, 2.75) is 387 Å². The van der Waals surface area contributed by atoms with Crippen LogP contribution in [0.2, 0.25) is 0 Å². The van der Waals surface area contributed by atoms with Gasteiger partial charge in [0.2, 0.25) is 0 Å². The molecule has 0 N–H and O–H groups in total. The molecule has 0 amide bonds. The first kappa shape index (κ1) is 87.3. The van der Waals surface area contributed by atoms with Crippen LogP contribution in [-0.2, 0) is 39.3 Å². The van der Waals surface area contributed by atoms with E-state index in [2.05, 4.69) is 76.3 Å². The van der Waals surface area contributed by atoms with Crippen LogP contribution in [0.5, 0.6) is 0 Å². The van der Waals surface area contributed by atoms with E-state index in [1.54, 1.807) is 0 Å². The Balaban J connectivity index is -0.000000316. The fraction of sp³-hybridized carbons (Fsp3) is 0.833. The number of aliphatic carboxylic acids is 4. The molecule has 9 heteroatoms. The Morgan fingerprint density at radius 2 is 0.309 bits per heavy atom. The van der Waals surface area contributed by atoms with Crippen LogP contribution in [0.15, 0.2) is 48.6 Å². The molecule has 1 radical (unpaired) electrons. The van der Waals surface area contributed by atoms with Gasteiger partial charge in [0.1, 0.15) is 0 Å². The molecule has 0 bridgehead atoms. The van der Waals surface area contributed by atoms with Crippen LogP contribution in [-0.4, -0.2) is 23.9 Å². The van der Waals surface area contributed by atoms with Gasteiger partial charge in [-0.1, -0.05) is 282 Å². The number of allylic oxidation sites excluding steroid dienone is 8. The van der Waals surface area contributed by atoms with Crippen molar-refractivity contribution in [3.8, 4) is 0 Å². The normalized spacial score (nSPS) is 11.1. The minimum atomic E-state index is -0.914. The molecule has 0 aliphatic heterocycles. The summed E-state index contributed by atoms with van der Waals surface area (Å²) in [5, 5.41) is 40.9. The minimum absolute atomic E-state index is 0. The number of hydrogen-bond donors (Lipinski definition) is 0. The zero-order chi connectivity index (χ0) is 59.6. The SMILES string of the molecule is CCCCCCCC/C=C\CCCCCCCC(=O)[O-].CCCCCCCC/C=C\CCCCCCCC(=O)[O-].CCCCCCCC/C=C\CCCCCCCC(=O)[O-].CCCCCCCC/C=C\CCCCCCCC(=O)[O-].[Ir+4]. The smallest absolute Gasteiger partial charge is 0.550 e. The van der Waals surface area contributed by atoms with Crippen molar-refractivity contribution >= 4 is 23.9 Å². The molecule has 0 aromatic rings. The van der Waals surface area contributed by atoms with Crippen molar-refractivity contribution < 1.29 is 59.7 Å². The number of carbonyl (C=O) groups excluding carboxylic acids is 4. The molecule has 0 saturated heterocycles. The van der Waals surface area contributed by atoms with Gasteiger partial charge in [-0.25, -0.2) is 0 Å². The molecule has 0 fully saturated rings. The number of rotatable bonds is 60. The Bertz CT molecular complexity index is 1140. The Kier molecular flexibility index (Phi) is 90.4. The van der Waals surface area contributed by atoms with E-state index in [1.807, 2.05) is 0 Å². The summed E-state index contributed by atoms with van der Waals surface area (Å²) in [5.41, 5.74) is 0. The second kappa shape index (κ2) is 83.9. The topological polar surface area (TPSA) is 161 Å². The molecule has 0 aliphatic carbocycles. The molecular weight excluding hydrogens is 1190 g/mol. The Morgan fingerprint density at radius 1 is 0.198 bits per heavy atom. The molecule has 0 rings (SSSR count). The van der Waals surface area contributed by atoms with Gasteiger partial charge in [-0.15, -0.1) is 0 Å². The summed E-state index contributed by atoms with van der Waals surface area (Å²) in [5.74, 6) is -3.66. The second-order valence-corrected chi connectivity index (χ2v) is 22.8. The summed E-state index contributed by atoms with van der Waals surface area (Å²) in [6.45, 7) is 9.02. The molecule has 0 aromatic heterocycles. The fourth-order valence-corrected chi connectivity index (χ4v) is 9.36. The monoisotopic (exact) mass is 1320 g/mol. The van der Waals surface area contributed by atoms with E-state index in [-0.39, 0.29) is 45.8 Å². The predicted octanol–water partition coefficient (Wildman–Crippen LogP) is 19.1. The maximum atomic E-state index is 10.2. The van der Waals surface area contributed by atoms with Crippen molar-refractivity contribution in [1.82, 2.24) is 0 Å². The van der Waals surface area contributed by atoms with E-state index >= 15 is 0 Å². The molecule has 0 saturated carbocycles. The third-order valence-electron chi connectivity index (χ3n) is 14.6. The molecule has 0 aliphatic rings. The van der Waals surface area contributed by atoms with Gasteiger partial charge in [-0.05, 0) is 154 Å². The molecule has 0 atom stereocenters. The van der Waals surface area contributed by atoms with Gasteiger partial charge < -0.3 is 39.6 Å². The third-order valence-corrected chi connectivity index (χ3v) is 14.6. The molecule has 0 aromatic carbocycles. The predicted molar refractivity (Wildman–Crippen MR) is 338 cm³/mol. The van der Waals surface area contributed by atoms with Crippen LogP contribution in [0.1, 0.15) is 387 Å². The largest absolute Gasteiger partial charge is 4.00 e. The molecule has 0 heterocycles. The van der Waals surface area contributed by atoms with E-state index in [0.29, 0.717) is 0 Å². The average Bonchev–Trinajstić information content (AvgIpc) is 3.43. The maximum absolute atomic E-state index is 10.2. The van der Waals surface area contributed by atoms with Crippen molar-refractivity contribution in [3.63, 3.8) is 0 Å². The number of unbranched alkanes of at least 4 members (excludes halogenated alkanes) is 44. The van der Waals surface area contributed by atoms with Crippen LogP contribution in [0.3, 0.4) is 0 Å². The number of carbonyl (C=O) groups is 4. The van der Waals surface area contributed by atoms with E-state index in [9.17, 15) is 39.6 Å². The van der Waals surface area contributed by atoms with Crippen LogP contribution in [0, 0.1) is 0 Å². The third kappa shape index (κ3) is 103. The van der Waals surface area contributed by atoms with E-state index in [0.717, 1.165) is 77.0 Å². The summed E-state index contributed by atoms with van der Waals surface area (Å²) >= 11 is 0. The first-order valence-corrected chi connectivity index (χ1v) is 34.5. The first-order chi connectivity index (χ1) is 39.1. The van der Waals surface area contributed by atoms with Crippen LogP contribution < -0.4 is 20.4 Å². The molecule has 477 valence electrons. The van der Waals surface area contributed by atoms with Crippen molar-refractivity contribution in [2.75, 3.05) is 0 Å². The number of carboxylic acid groups (broad SMARTS) is 4. The standard InChI is InChI=1S/4C18H34O2.Ir/c4*1-2-3-4-5-6-7-8-9-10-11-12-13-14-15-16-17-18(19)20;/h4*9-10H,2-8,11-17H2,1H3,(H,19,20);/q;;;;+4/p-4/b4*10-9-;. The fourth-order valence-electron chi connectivity index (χ4n) is 9.36. The van der Waals surface area contributed by atoms with E-state index in [1.165, 1.54) is 257 Å². The number of hydrogen-bond acceptors (Lipinski definition) is 8. The van der Waals surface area contributed by atoms with E-state index < -0.39 is 23.9 Å². The van der Waals surface area contributed by atoms with Gasteiger partial charge in [0.15, 0.2) is 0 Å². The quantitative estimate of drug-likeness (QED) is 0.0430. The molecule has 0 unspecified atom stereocenters. The van der Waals surface area contributed by atoms with Crippen molar-refractivity contribution in [2.24, 2.45) is 0 Å². The Hall–Kier alpha value is -2.51. The molecular formula is C72H132IrO8.